The van der Waals surface area contributed by atoms with Gasteiger partial charge in [-0.05, 0) is 12.5 Å². The molecule has 0 spiro atoms. The van der Waals surface area contributed by atoms with Crippen LogP contribution in [0.5, 0.6) is 0 Å². The van der Waals surface area contributed by atoms with Gasteiger partial charge in [-0.25, -0.2) is 4.98 Å². The monoisotopic (exact) mass is 289 g/mol. The lowest BCUT2D eigenvalue weighted by atomic mass is 10.2. The van der Waals surface area contributed by atoms with Crippen molar-refractivity contribution in [3.05, 3.63) is 46.5 Å². The zero-order valence-electron chi connectivity index (χ0n) is 11.3. The number of hydrogen-bond donors (Lipinski definition) is 1. The van der Waals surface area contributed by atoms with Crippen LogP contribution in [-0.4, -0.2) is 24.3 Å². The van der Waals surface area contributed by atoms with Crippen LogP contribution in [-0.2, 0) is 16.0 Å². The van der Waals surface area contributed by atoms with Crippen LogP contribution in [0, 0.1) is 6.92 Å². The molecule has 6 heteroatoms. The number of hydrazone groups is 1. The van der Waals surface area contributed by atoms with Gasteiger partial charge in [0, 0.05) is 5.38 Å². The summed E-state index contributed by atoms with van der Waals surface area (Å²) < 4.78 is 4.59. The van der Waals surface area contributed by atoms with Gasteiger partial charge in [0.05, 0.1) is 25.4 Å². The standard InChI is InChI=1S/C14H15N3O2S/c1-10-4-3-5-11(6-10)8-15-17-14-16-12(9-20-14)7-13(18)19-2/h3-6,8-9H,7H2,1-2H3,(H,16,17)/b15-8-. The quantitative estimate of drug-likeness (QED) is 0.522. The van der Waals surface area contributed by atoms with E-state index in [0.29, 0.717) is 10.8 Å². The van der Waals surface area contributed by atoms with Gasteiger partial charge in [-0.2, -0.15) is 5.10 Å². The maximum atomic E-state index is 11.1. The molecule has 0 atom stereocenters. The van der Waals surface area contributed by atoms with Crippen LogP contribution in [0.15, 0.2) is 34.7 Å². The second-order valence-corrected chi connectivity index (χ2v) is 5.04. The number of thiazole rings is 1. The first-order chi connectivity index (χ1) is 9.67. The molecule has 0 saturated heterocycles. The lowest BCUT2D eigenvalue weighted by Crippen LogP contribution is -2.04. The van der Waals surface area contributed by atoms with Crippen molar-refractivity contribution in [3.8, 4) is 0 Å². The topological polar surface area (TPSA) is 63.6 Å². The molecule has 1 N–H and O–H groups in total. The third kappa shape index (κ3) is 4.17. The summed E-state index contributed by atoms with van der Waals surface area (Å²) in [5, 5.41) is 6.58. The second-order valence-electron chi connectivity index (χ2n) is 4.18. The molecular weight excluding hydrogens is 274 g/mol. The van der Waals surface area contributed by atoms with Gasteiger partial charge < -0.3 is 4.74 Å². The number of carbonyl (C=O) groups excluding carboxylic acids is 1. The molecule has 2 aromatic rings. The molecule has 0 bridgehead atoms. The summed E-state index contributed by atoms with van der Waals surface area (Å²) >= 11 is 1.40. The maximum Gasteiger partial charge on any atom is 0.311 e. The molecule has 0 saturated carbocycles. The third-order valence-corrected chi connectivity index (χ3v) is 3.32. The first-order valence-electron chi connectivity index (χ1n) is 6.04. The fourth-order valence-electron chi connectivity index (χ4n) is 1.57. The van der Waals surface area contributed by atoms with Gasteiger partial charge in [-0.3, -0.25) is 10.2 Å². The van der Waals surface area contributed by atoms with Crippen molar-refractivity contribution in [2.24, 2.45) is 5.10 Å². The highest BCUT2D eigenvalue weighted by Crippen LogP contribution is 2.15. The van der Waals surface area contributed by atoms with Gasteiger partial charge in [0.15, 0.2) is 0 Å². The van der Waals surface area contributed by atoms with Crippen molar-refractivity contribution in [3.63, 3.8) is 0 Å². The number of aryl methyl sites for hydroxylation is 1. The molecule has 0 aliphatic carbocycles. The Labute approximate surface area is 121 Å². The van der Waals surface area contributed by atoms with E-state index >= 15 is 0 Å². The van der Waals surface area contributed by atoms with E-state index < -0.39 is 0 Å². The number of anilines is 1. The fourth-order valence-corrected chi connectivity index (χ4v) is 2.23. The molecule has 2 rings (SSSR count). The second kappa shape index (κ2) is 6.81. The Morgan fingerprint density at radius 1 is 1.55 bits per heavy atom. The van der Waals surface area contributed by atoms with E-state index in [9.17, 15) is 4.79 Å². The highest BCUT2D eigenvalue weighted by atomic mass is 32.1. The van der Waals surface area contributed by atoms with Crippen LogP contribution in [0.2, 0.25) is 0 Å². The van der Waals surface area contributed by atoms with E-state index in [4.69, 9.17) is 0 Å². The van der Waals surface area contributed by atoms with E-state index in [0.717, 1.165) is 5.56 Å². The van der Waals surface area contributed by atoms with Gasteiger partial charge in [0.2, 0.25) is 5.13 Å². The van der Waals surface area contributed by atoms with Crippen LogP contribution in [0.3, 0.4) is 0 Å². The summed E-state index contributed by atoms with van der Waals surface area (Å²) in [6, 6.07) is 8.03. The van der Waals surface area contributed by atoms with Gasteiger partial charge >= 0.3 is 5.97 Å². The van der Waals surface area contributed by atoms with Gasteiger partial charge in [0.25, 0.3) is 0 Å². The molecule has 20 heavy (non-hydrogen) atoms. The van der Waals surface area contributed by atoms with Crippen LogP contribution >= 0.6 is 11.3 Å². The summed E-state index contributed by atoms with van der Waals surface area (Å²) in [4.78, 5) is 15.4. The molecule has 1 heterocycles. The smallest absolute Gasteiger partial charge is 0.311 e. The summed E-state index contributed by atoms with van der Waals surface area (Å²) in [6.45, 7) is 2.03. The Balaban J connectivity index is 1.92. The van der Waals surface area contributed by atoms with Gasteiger partial charge in [0.1, 0.15) is 0 Å². The highest BCUT2D eigenvalue weighted by molar-refractivity contribution is 7.13. The molecule has 0 amide bonds. The van der Waals surface area contributed by atoms with Crippen molar-refractivity contribution >= 4 is 28.7 Å². The first kappa shape index (κ1) is 14.2. The van der Waals surface area contributed by atoms with Crippen molar-refractivity contribution in [2.75, 3.05) is 12.5 Å². The van der Waals surface area contributed by atoms with Gasteiger partial charge in [-0.15, -0.1) is 11.3 Å². The molecule has 0 aliphatic rings. The van der Waals surface area contributed by atoms with Crippen molar-refractivity contribution in [1.29, 1.82) is 0 Å². The SMILES string of the molecule is COC(=O)Cc1csc(N/N=C\c2cccc(C)c2)n1. The Bertz CT molecular complexity index is 622. The van der Waals surface area contributed by atoms with E-state index in [1.54, 1.807) is 11.6 Å². The first-order valence-corrected chi connectivity index (χ1v) is 6.92. The maximum absolute atomic E-state index is 11.1. The fraction of sp³-hybridized carbons (Fsp3) is 0.214. The molecule has 5 nitrogen and oxygen atoms in total. The number of nitrogens with zero attached hydrogens (tertiary/aromatic N) is 2. The zero-order valence-corrected chi connectivity index (χ0v) is 12.1. The summed E-state index contributed by atoms with van der Waals surface area (Å²) in [5.74, 6) is -0.301. The molecular formula is C14H15N3O2S. The average Bonchev–Trinajstić information content (AvgIpc) is 2.86. The highest BCUT2D eigenvalue weighted by Gasteiger charge is 2.06. The average molecular weight is 289 g/mol. The van der Waals surface area contributed by atoms with Crippen LogP contribution < -0.4 is 5.43 Å². The Hall–Kier alpha value is -2.21. The molecule has 1 aromatic heterocycles. The Morgan fingerprint density at radius 3 is 3.15 bits per heavy atom. The van der Waals surface area contributed by atoms with E-state index in [2.05, 4.69) is 20.2 Å². The lowest BCUT2D eigenvalue weighted by Gasteiger charge is -1.96. The number of ether oxygens (including phenoxy) is 1. The van der Waals surface area contributed by atoms with Crippen LogP contribution in [0.1, 0.15) is 16.8 Å². The Morgan fingerprint density at radius 2 is 2.40 bits per heavy atom. The largest absolute Gasteiger partial charge is 0.469 e. The molecule has 1 aromatic carbocycles. The minimum absolute atomic E-state index is 0.177. The number of aromatic nitrogens is 1. The van der Waals surface area contributed by atoms with E-state index in [1.165, 1.54) is 24.0 Å². The predicted molar refractivity (Wildman–Crippen MR) is 80.2 cm³/mol. The lowest BCUT2D eigenvalue weighted by molar-refractivity contribution is -0.139. The zero-order chi connectivity index (χ0) is 14.4. The molecule has 0 radical (unpaired) electrons. The van der Waals surface area contributed by atoms with E-state index in [1.807, 2.05) is 31.2 Å². The summed E-state index contributed by atoms with van der Waals surface area (Å²) in [5.41, 5.74) is 5.73. The molecule has 0 fully saturated rings. The van der Waals surface area contributed by atoms with Gasteiger partial charge in [-0.1, -0.05) is 29.8 Å². The molecule has 104 valence electrons. The number of hydrogen-bond acceptors (Lipinski definition) is 6. The minimum Gasteiger partial charge on any atom is -0.469 e. The summed E-state index contributed by atoms with van der Waals surface area (Å²) in [6.07, 6.45) is 1.91. The number of benzene rings is 1. The van der Waals surface area contributed by atoms with Crippen LogP contribution in [0.25, 0.3) is 0 Å². The van der Waals surface area contributed by atoms with Crippen molar-refractivity contribution in [2.45, 2.75) is 13.3 Å². The van der Waals surface area contributed by atoms with Crippen LogP contribution in [0.4, 0.5) is 5.13 Å². The molecule has 0 aliphatic heterocycles. The number of methoxy groups -OCH3 is 1. The van der Waals surface area contributed by atoms with E-state index in [-0.39, 0.29) is 12.4 Å². The normalized spacial score (nSPS) is 10.7. The Kier molecular flexibility index (Phi) is 4.84. The predicted octanol–water partition coefficient (Wildman–Crippen LogP) is 2.61. The van der Waals surface area contributed by atoms with Crippen molar-refractivity contribution in [1.82, 2.24) is 4.98 Å². The summed E-state index contributed by atoms with van der Waals surface area (Å²) in [7, 11) is 1.36. The third-order valence-electron chi connectivity index (χ3n) is 2.52. The molecule has 0 unspecified atom stereocenters. The number of rotatable bonds is 5. The number of carbonyl (C=O) groups is 1. The minimum atomic E-state index is -0.301. The van der Waals surface area contributed by atoms with Crippen molar-refractivity contribution < 1.29 is 9.53 Å². The number of nitrogens with one attached hydrogen (secondary N) is 1. The number of esters is 1.